The van der Waals surface area contributed by atoms with Crippen molar-refractivity contribution in [3.05, 3.63) is 64.3 Å². The molecule has 4 nitrogen and oxygen atoms in total. The van der Waals surface area contributed by atoms with Crippen molar-refractivity contribution in [1.82, 2.24) is 5.32 Å². The summed E-state index contributed by atoms with van der Waals surface area (Å²) in [5.41, 5.74) is 2.39. The molecule has 0 atom stereocenters. The Labute approximate surface area is 156 Å². The third-order valence-corrected chi connectivity index (χ3v) is 5.22. The van der Waals surface area contributed by atoms with Gasteiger partial charge in [-0.25, -0.2) is 4.39 Å². The summed E-state index contributed by atoms with van der Waals surface area (Å²) in [6, 6.07) is 12.6. The summed E-state index contributed by atoms with van der Waals surface area (Å²) in [5.74, 6) is -0.587. The number of benzene rings is 2. The second-order valence-electron chi connectivity index (χ2n) is 5.89. The number of hydrogen-bond donors (Lipinski definition) is 2. The van der Waals surface area contributed by atoms with E-state index in [1.807, 2.05) is 37.3 Å². The summed E-state index contributed by atoms with van der Waals surface area (Å²) in [7, 11) is 1.54. The molecule has 0 unspecified atom stereocenters. The molecule has 6 heteroatoms. The van der Waals surface area contributed by atoms with Crippen molar-refractivity contribution in [2.75, 3.05) is 19.0 Å². The van der Waals surface area contributed by atoms with E-state index in [4.69, 9.17) is 4.74 Å². The van der Waals surface area contributed by atoms with Crippen LogP contribution in [0.25, 0.3) is 10.1 Å². The first kappa shape index (κ1) is 18.5. The lowest BCUT2D eigenvalue weighted by atomic mass is 10.1. The Morgan fingerprint density at radius 1 is 1.23 bits per heavy atom. The maximum Gasteiger partial charge on any atom is 0.266 e. The van der Waals surface area contributed by atoms with Crippen molar-refractivity contribution < 1.29 is 13.9 Å². The van der Waals surface area contributed by atoms with Crippen LogP contribution in [0.3, 0.4) is 0 Å². The summed E-state index contributed by atoms with van der Waals surface area (Å²) in [6.07, 6.45) is 0. The number of carbonyl (C=O) groups is 1. The van der Waals surface area contributed by atoms with Crippen LogP contribution in [0, 0.1) is 5.82 Å². The van der Waals surface area contributed by atoms with Crippen LogP contribution >= 0.6 is 11.3 Å². The van der Waals surface area contributed by atoms with Crippen LogP contribution in [0.2, 0.25) is 0 Å². The van der Waals surface area contributed by atoms with Crippen molar-refractivity contribution in [3.8, 4) is 0 Å². The first-order valence-electron chi connectivity index (χ1n) is 8.43. The third kappa shape index (κ3) is 3.93. The summed E-state index contributed by atoms with van der Waals surface area (Å²) in [4.78, 5) is 13.3. The molecule has 26 heavy (non-hydrogen) atoms. The van der Waals surface area contributed by atoms with Crippen molar-refractivity contribution in [2.45, 2.75) is 20.1 Å². The normalized spacial score (nSPS) is 11.0. The van der Waals surface area contributed by atoms with Gasteiger partial charge in [-0.2, -0.15) is 0 Å². The van der Waals surface area contributed by atoms with E-state index in [1.165, 1.54) is 24.5 Å². The van der Waals surface area contributed by atoms with Crippen molar-refractivity contribution in [2.24, 2.45) is 0 Å². The van der Waals surface area contributed by atoms with Gasteiger partial charge in [0.05, 0.1) is 11.5 Å². The highest BCUT2D eigenvalue weighted by Crippen LogP contribution is 2.34. The van der Waals surface area contributed by atoms with Gasteiger partial charge in [-0.05, 0) is 36.4 Å². The molecule has 3 rings (SSSR count). The fourth-order valence-corrected chi connectivity index (χ4v) is 3.97. The van der Waals surface area contributed by atoms with E-state index in [1.54, 1.807) is 6.07 Å². The topological polar surface area (TPSA) is 50.4 Å². The molecule has 1 amide bonds. The molecule has 0 aliphatic carbocycles. The Balaban J connectivity index is 1.90. The first-order valence-corrected chi connectivity index (χ1v) is 9.25. The maximum atomic E-state index is 14.3. The Kier molecular flexibility index (Phi) is 5.98. The molecule has 2 N–H and O–H groups in total. The zero-order valence-corrected chi connectivity index (χ0v) is 15.6. The largest absolute Gasteiger partial charge is 0.380 e. The van der Waals surface area contributed by atoms with Gasteiger partial charge in [-0.15, -0.1) is 11.3 Å². The number of ether oxygens (including phenoxy) is 1. The number of methoxy groups -OCH3 is 1. The first-order chi connectivity index (χ1) is 12.6. The lowest BCUT2D eigenvalue weighted by Crippen LogP contribution is -2.14. The number of carbonyl (C=O) groups excluding carboxylic acids is 1. The summed E-state index contributed by atoms with van der Waals surface area (Å²) >= 11 is 1.28. The molecule has 1 aromatic heterocycles. The minimum absolute atomic E-state index is 0.185. The second-order valence-corrected chi connectivity index (χ2v) is 6.94. The maximum absolute atomic E-state index is 14.3. The van der Waals surface area contributed by atoms with E-state index in [2.05, 4.69) is 10.6 Å². The minimum atomic E-state index is -0.336. The lowest BCUT2D eigenvalue weighted by molar-refractivity contribution is 0.102. The quantitative estimate of drug-likeness (QED) is 0.640. The predicted octanol–water partition coefficient (Wildman–Crippen LogP) is 4.55. The van der Waals surface area contributed by atoms with Crippen molar-refractivity contribution >= 4 is 33.0 Å². The molecule has 0 aliphatic rings. The van der Waals surface area contributed by atoms with Gasteiger partial charge < -0.3 is 15.4 Å². The zero-order valence-electron chi connectivity index (χ0n) is 14.8. The molecule has 0 fully saturated rings. The van der Waals surface area contributed by atoms with Crippen molar-refractivity contribution in [1.29, 1.82) is 0 Å². The van der Waals surface area contributed by atoms with Crippen LogP contribution in [0.15, 0.2) is 42.5 Å². The van der Waals surface area contributed by atoms with Crippen LogP contribution in [0.1, 0.15) is 27.7 Å². The minimum Gasteiger partial charge on any atom is -0.380 e. The molecule has 136 valence electrons. The van der Waals surface area contributed by atoms with E-state index in [0.717, 1.165) is 23.4 Å². The fourth-order valence-electron chi connectivity index (χ4n) is 2.85. The Hall–Kier alpha value is -2.28. The van der Waals surface area contributed by atoms with Gasteiger partial charge in [0, 0.05) is 35.0 Å². The molecule has 0 spiro atoms. The number of halogens is 1. The van der Waals surface area contributed by atoms with E-state index in [9.17, 15) is 9.18 Å². The second kappa shape index (κ2) is 8.40. The van der Waals surface area contributed by atoms with Crippen LogP contribution in [-0.2, 0) is 17.9 Å². The summed E-state index contributed by atoms with van der Waals surface area (Å²) < 4.78 is 20.2. The third-order valence-electron chi connectivity index (χ3n) is 4.02. The number of hydrogen-bond acceptors (Lipinski definition) is 4. The molecule has 1 heterocycles. The van der Waals surface area contributed by atoms with Gasteiger partial charge in [0.1, 0.15) is 5.82 Å². The van der Waals surface area contributed by atoms with Crippen molar-refractivity contribution in [3.63, 3.8) is 0 Å². The van der Waals surface area contributed by atoms with Crippen LogP contribution in [0.5, 0.6) is 0 Å². The Morgan fingerprint density at radius 2 is 2.04 bits per heavy atom. The molecule has 0 bridgehead atoms. The molecule has 0 radical (unpaired) electrons. The van der Waals surface area contributed by atoms with E-state index in [0.29, 0.717) is 21.5 Å². The number of nitrogens with one attached hydrogen (secondary N) is 2. The van der Waals surface area contributed by atoms with E-state index < -0.39 is 0 Å². The van der Waals surface area contributed by atoms with Crippen LogP contribution in [-0.4, -0.2) is 19.6 Å². The van der Waals surface area contributed by atoms with Crippen LogP contribution in [0.4, 0.5) is 10.1 Å². The van der Waals surface area contributed by atoms with Gasteiger partial charge in [0.2, 0.25) is 0 Å². The smallest absolute Gasteiger partial charge is 0.266 e. The highest BCUT2D eigenvalue weighted by molar-refractivity contribution is 7.21. The molecule has 0 aliphatic heterocycles. The number of amides is 1. The van der Waals surface area contributed by atoms with Gasteiger partial charge >= 0.3 is 0 Å². The van der Waals surface area contributed by atoms with E-state index in [-0.39, 0.29) is 18.3 Å². The SMILES string of the molecule is CCNCc1cccc(NC(=O)c2sc3cccc(F)c3c2COC)c1. The van der Waals surface area contributed by atoms with Crippen LogP contribution < -0.4 is 10.6 Å². The average molecular weight is 372 g/mol. The van der Waals surface area contributed by atoms with Gasteiger partial charge in [0.25, 0.3) is 5.91 Å². The molecule has 0 saturated carbocycles. The molecule has 2 aromatic carbocycles. The van der Waals surface area contributed by atoms with Gasteiger partial charge in [0.15, 0.2) is 0 Å². The van der Waals surface area contributed by atoms with Gasteiger partial charge in [-0.1, -0.05) is 25.1 Å². The average Bonchev–Trinajstić information content (AvgIpc) is 3.01. The molecule has 0 saturated heterocycles. The molecule has 3 aromatic rings. The number of anilines is 1. The standard InChI is InChI=1S/C20H21FN2O2S/c1-3-22-11-13-6-4-7-14(10-13)23-20(24)19-15(12-25-2)18-16(21)8-5-9-17(18)26-19/h4-10,22H,3,11-12H2,1-2H3,(H,23,24). The molecular weight excluding hydrogens is 351 g/mol. The summed E-state index contributed by atoms with van der Waals surface area (Å²) in [5, 5.41) is 6.64. The van der Waals surface area contributed by atoms with E-state index >= 15 is 0 Å². The fraction of sp³-hybridized carbons (Fsp3) is 0.250. The monoisotopic (exact) mass is 372 g/mol. The Morgan fingerprint density at radius 3 is 2.81 bits per heavy atom. The highest BCUT2D eigenvalue weighted by atomic mass is 32.1. The lowest BCUT2D eigenvalue weighted by Gasteiger charge is -2.08. The zero-order chi connectivity index (χ0) is 18.5. The number of fused-ring (bicyclic) bond motifs is 1. The predicted molar refractivity (Wildman–Crippen MR) is 104 cm³/mol. The summed E-state index contributed by atoms with van der Waals surface area (Å²) in [6.45, 7) is 3.85. The molecular formula is C20H21FN2O2S. The highest BCUT2D eigenvalue weighted by Gasteiger charge is 2.20. The number of rotatable bonds is 7. The van der Waals surface area contributed by atoms with Gasteiger partial charge in [-0.3, -0.25) is 4.79 Å². The Bertz CT molecular complexity index is 923. The number of thiophene rings is 1.